The van der Waals surface area contributed by atoms with E-state index in [1.165, 1.54) is 0 Å². The number of anilines is 1. The SMILES string of the molecule is Cc1ccc(N)cc1C(=O)NC(C)C(C)C.Cl. The first-order valence-electron chi connectivity index (χ1n) is 5.58. The maximum atomic E-state index is 12.0. The molecule has 0 fully saturated rings. The van der Waals surface area contributed by atoms with E-state index >= 15 is 0 Å². The van der Waals surface area contributed by atoms with E-state index in [0.29, 0.717) is 17.2 Å². The number of nitrogens with two attached hydrogens (primary N) is 1. The van der Waals surface area contributed by atoms with Crippen LogP contribution in [0, 0.1) is 12.8 Å². The highest BCUT2D eigenvalue weighted by atomic mass is 35.5. The van der Waals surface area contributed by atoms with E-state index in [2.05, 4.69) is 19.2 Å². The molecule has 1 aromatic rings. The summed E-state index contributed by atoms with van der Waals surface area (Å²) in [5.41, 5.74) is 7.90. The van der Waals surface area contributed by atoms with Crippen molar-refractivity contribution in [3.8, 4) is 0 Å². The second-order valence-electron chi connectivity index (χ2n) is 4.58. The van der Waals surface area contributed by atoms with Crippen LogP contribution in [0.1, 0.15) is 36.7 Å². The number of rotatable bonds is 3. The lowest BCUT2D eigenvalue weighted by Gasteiger charge is -2.18. The Hall–Kier alpha value is -1.22. The van der Waals surface area contributed by atoms with Gasteiger partial charge in [-0.2, -0.15) is 0 Å². The third-order valence-corrected chi connectivity index (χ3v) is 2.87. The molecule has 1 atom stereocenters. The van der Waals surface area contributed by atoms with Crippen LogP contribution in [0.2, 0.25) is 0 Å². The third-order valence-electron chi connectivity index (χ3n) is 2.87. The molecule has 1 aromatic carbocycles. The summed E-state index contributed by atoms with van der Waals surface area (Å²) < 4.78 is 0. The second kappa shape index (κ2) is 6.50. The van der Waals surface area contributed by atoms with Crippen LogP contribution in [0.3, 0.4) is 0 Å². The van der Waals surface area contributed by atoms with Crippen LogP contribution < -0.4 is 11.1 Å². The molecule has 0 spiro atoms. The highest BCUT2D eigenvalue weighted by molar-refractivity contribution is 5.96. The summed E-state index contributed by atoms with van der Waals surface area (Å²) in [4.78, 5) is 12.0. The molecule has 0 aliphatic carbocycles. The molecule has 17 heavy (non-hydrogen) atoms. The summed E-state index contributed by atoms with van der Waals surface area (Å²) in [6, 6.07) is 5.55. The number of amides is 1. The predicted octanol–water partition coefficient (Wildman–Crippen LogP) is 2.77. The fraction of sp³-hybridized carbons (Fsp3) is 0.462. The zero-order valence-electron chi connectivity index (χ0n) is 10.8. The molecule has 0 heterocycles. The molecular formula is C13H21ClN2O. The number of nitrogens with one attached hydrogen (secondary N) is 1. The van der Waals surface area contributed by atoms with E-state index in [0.717, 1.165) is 5.56 Å². The zero-order valence-corrected chi connectivity index (χ0v) is 11.6. The van der Waals surface area contributed by atoms with Gasteiger partial charge in [0.25, 0.3) is 5.91 Å². The third kappa shape index (κ3) is 4.27. The topological polar surface area (TPSA) is 55.1 Å². The van der Waals surface area contributed by atoms with Crippen LogP contribution in [0.4, 0.5) is 5.69 Å². The van der Waals surface area contributed by atoms with Crippen molar-refractivity contribution in [2.75, 3.05) is 5.73 Å². The Morgan fingerprint density at radius 1 is 1.29 bits per heavy atom. The number of carbonyl (C=O) groups excluding carboxylic acids is 1. The first-order chi connectivity index (χ1) is 7.41. The molecular weight excluding hydrogens is 236 g/mol. The highest BCUT2D eigenvalue weighted by Gasteiger charge is 2.14. The Morgan fingerprint density at radius 2 is 1.88 bits per heavy atom. The van der Waals surface area contributed by atoms with Crippen molar-refractivity contribution in [2.24, 2.45) is 5.92 Å². The number of hydrogen-bond donors (Lipinski definition) is 2. The molecule has 0 bridgehead atoms. The molecule has 96 valence electrons. The number of halogens is 1. The molecule has 3 nitrogen and oxygen atoms in total. The zero-order chi connectivity index (χ0) is 12.3. The molecule has 0 saturated carbocycles. The van der Waals surface area contributed by atoms with Gasteiger partial charge in [0, 0.05) is 17.3 Å². The van der Waals surface area contributed by atoms with Crippen molar-refractivity contribution in [3.05, 3.63) is 29.3 Å². The first-order valence-corrected chi connectivity index (χ1v) is 5.58. The Labute approximate surface area is 109 Å². The van der Waals surface area contributed by atoms with Crippen LogP contribution >= 0.6 is 12.4 Å². The highest BCUT2D eigenvalue weighted by Crippen LogP contribution is 2.13. The van der Waals surface area contributed by atoms with Gasteiger partial charge in [0.2, 0.25) is 0 Å². The van der Waals surface area contributed by atoms with E-state index in [-0.39, 0.29) is 24.4 Å². The van der Waals surface area contributed by atoms with Crippen molar-refractivity contribution in [3.63, 3.8) is 0 Å². The van der Waals surface area contributed by atoms with Gasteiger partial charge < -0.3 is 11.1 Å². The molecule has 0 aliphatic heterocycles. The summed E-state index contributed by atoms with van der Waals surface area (Å²) in [6.07, 6.45) is 0. The first kappa shape index (κ1) is 15.8. The fourth-order valence-corrected chi connectivity index (χ4v) is 1.34. The van der Waals surface area contributed by atoms with Crippen molar-refractivity contribution in [1.82, 2.24) is 5.32 Å². The van der Waals surface area contributed by atoms with Gasteiger partial charge in [0.05, 0.1) is 0 Å². The minimum atomic E-state index is -0.0500. The Morgan fingerprint density at radius 3 is 2.41 bits per heavy atom. The standard InChI is InChI=1S/C13H20N2O.ClH/c1-8(2)10(4)15-13(16)12-7-11(14)6-5-9(12)3;/h5-8,10H,14H2,1-4H3,(H,15,16);1H. The van der Waals surface area contributed by atoms with Gasteiger partial charge in [-0.15, -0.1) is 12.4 Å². The summed E-state index contributed by atoms with van der Waals surface area (Å²) in [5.74, 6) is 0.372. The van der Waals surface area contributed by atoms with Gasteiger partial charge in [0.1, 0.15) is 0 Å². The molecule has 0 aliphatic rings. The summed E-state index contributed by atoms with van der Waals surface area (Å²) in [6.45, 7) is 8.08. The maximum Gasteiger partial charge on any atom is 0.251 e. The average molecular weight is 257 g/mol. The Balaban J connectivity index is 0.00000256. The predicted molar refractivity (Wildman–Crippen MR) is 74.6 cm³/mol. The molecule has 1 unspecified atom stereocenters. The molecule has 3 N–H and O–H groups in total. The van der Waals surface area contributed by atoms with E-state index in [1.807, 2.05) is 19.9 Å². The largest absolute Gasteiger partial charge is 0.399 e. The number of hydrogen-bond acceptors (Lipinski definition) is 2. The summed E-state index contributed by atoms with van der Waals surface area (Å²) in [5, 5.41) is 2.97. The minimum Gasteiger partial charge on any atom is -0.399 e. The number of nitrogen functional groups attached to an aromatic ring is 1. The summed E-state index contributed by atoms with van der Waals surface area (Å²) >= 11 is 0. The number of benzene rings is 1. The summed E-state index contributed by atoms with van der Waals surface area (Å²) in [7, 11) is 0. The van der Waals surface area contributed by atoms with E-state index in [4.69, 9.17) is 5.73 Å². The van der Waals surface area contributed by atoms with Crippen molar-refractivity contribution in [2.45, 2.75) is 33.7 Å². The van der Waals surface area contributed by atoms with Gasteiger partial charge >= 0.3 is 0 Å². The van der Waals surface area contributed by atoms with Gasteiger partial charge in [-0.3, -0.25) is 4.79 Å². The smallest absolute Gasteiger partial charge is 0.251 e. The monoisotopic (exact) mass is 256 g/mol. The quantitative estimate of drug-likeness (QED) is 0.817. The van der Waals surface area contributed by atoms with Crippen LogP contribution in [-0.2, 0) is 0 Å². The number of aryl methyl sites for hydroxylation is 1. The van der Waals surface area contributed by atoms with Crippen molar-refractivity contribution in [1.29, 1.82) is 0 Å². The molecule has 1 rings (SSSR count). The number of carbonyl (C=O) groups is 1. The fourth-order valence-electron chi connectivity index (χ4n) is 1.34. The van der Waals surface area contributed by atoms with Gasteiger partial charge in [-0.25, -0.2) is 0 Å². The average Bonchev–Trinajstić information content (AvgIpc) is 2.21. The molecule has 0 aromatic heterocycles. The minimum absolute atomic E-state index is 0. The van der Waals surface area contributed by atoms with Crippen molar-refractivity contribution >= 4 is 24.0 Å². The lowest BCUT2D eigenvalue weighted by atomic mass is 10.0. The van der Waals surface area contributed by atoms with Gasteiger partial charge in [0.15, 0.2) is 0 Å². The van der Waals surface area contributed by atoms with Crippen LogP contribution in [0.15, 0.2) is 18.2 Å². The maximum absolute atomic E-state index is 12.0. The van der Waals surface area contributed by atoms with E-state index in [9.17, 15) is 4.79 Å². The second-order valence-corrected chi connectivity index (χ2v) is 4.58. The Kier molecular flexibility index (Phi) is 6.03. The van der Waals surface area contributed by atoms with E-state index < -0.39 is 0 Å². The normalized spacial score (nSPS) is 11.8. The lowest BCUT2D eigenvalue weighted by Crippen LogP contribution is -2.36. The molecule has 0 saturated heterocycles. The molecule has 0 radical (unpaired) electrons. The van der Waals surface area contributed by atoms with Crippen LogP contribution in [0.25, 0.3) is 0 Å². The van der Waals surface area contributed by atoms with Crippen LogP contribution in [-0.4, -0.2) is 11.9 Å². The van der Waals surface area contributed by atoms with E-state index in [1.54, 1.807) is 12.1 Å². The van der Waals surface area contributed by atoms with Crippen LogP contribution in [0.5, 0.6) is 0 Å². The van der Waals surface area contributed by atoms with Crippen molar-refractivity contribution < 1.29 is 4.79 Å². The Bertz CT molecular complexity index is 391. The molecule has 4 heteroatoms. The van der Waals surface area contributed by atoms with Gasteiger partial charge in [-0.1, -0.05) is 19.9 Å². The lowest BCUT2D eigenvalue weighted by molar-refractivity contribution is 0.0930. The van der Waals surface area contributed by atoms with Gasteiger partial charge in [-0.05, 0) is 37.5 Å². The molecule has 1 amide bonds.